The van der Waals surface area contributed by atoms with Gasteiger partial charge >= 0.3 is 5.63 Å². The zero-order valence-corrected chi connectivity index (χ0v) is 13.4. The summed E-state index contributed by atoms with van der Waals surface area (Å²) >= 11 is 6.02. The summed E-state index contributed by atoms with van der Waals surface area (Å²) in [6.07, 6.45) is 0. The molecule has 3 aromatic rings. The van der Waals surface area contributed by atoms with E-state index in [2.05, 4.69) is 0 Å². The number of hydrogen-bond donors (Lipinski definition) is 0. The Morgan fingerprint density at radius 2 is 2.00 bits per heavy atom. The van der Waals surface area contributed by atoms with E-state index in [0.29, 0.717) is 27.3 Å². The zero-order valence-electron chi connectivity index (χ0n) is 12.7. The lowest BCUT2D eigenvalue weighted by atomic mass is 10.1. The Morgan fingerprint density at radius 3 is 2.74 bits per heavy atom. The third kappa shape index (κ3) is 3.08. The van der Waals surface area contributed by atoms with Gasteiger partial charge in [-0.2, -0.15) is 0 Å². The van der Waals surface area contributed by atoms with Gasteiger partial charge in [0.15, 0.2) is 0 Å². The lowest BCUT2D eigenvalue weighted by Crippen LogP contribution is -2.03. The smallest absolute Gasteiger partial charge is 0.336 e. The van der Waals surface area contributed by atoms with Gasteiger partial charge in [0.05, 0.1) is 10.4 Å². The topological polar surface area (TPSA) is 39.4 Å². The van der Waals surface area contributed by atoms with E-state index in [-0.39, 0.29) is 6.61 Å². The summed E-state index contributed by atoms with van der Waals surface area (Å²) in [6.45, 7) is 3.66. The molecule has 3 rings (SSSR count). The first-order chi connectivity index (χ1) is 11.0. The molecular weight excluding hydrogens is 319 g/mol. The SMILES string of the molecule is Cc1cc(OCc2c(F)cccc2Cl)c2c(C)cc(=O)oc2c1. The monoisotopic (exact) mass is 332 g/mol. The van der Waals surface area contributed by atoms with Crippen LogP contribution in [0.15, 0.2) is 45.6 Å². The van der Waals surface area contributed by atoms with Crippen molar-refractivity contribution in [3.8, 4) is 5.75 Å². The van der Waals surface area contributed by atoms with E-state index in [1.165, 1.54) is 12.1 Å². The van der Waals surface area contributed by atoms with Crippen LogP contribution < -0.4 is 10.4 Å². The van der Waals surface area contributed by atoms with Crippen molar-refractivity contribution in [2.45, 2.75) is 20.5 Å². The van der Waals surface area contributed by atoms with Gasteiger partial charge < -0.3 is 9.15 Å². The van der Waals surface area contributed by atoms with Crippen LogP contribution in [0.4, 0.5) is 4.39 Å². The van der Waals surface area contributed by atoms with Crippen molar-refractivity contribution in [1.29, 1.82) is 0 Å². The van der Waals surface area contributed by atoms with Crippen LogP contribution in [0.2, 0.25) is 5.02 Å². The average molecular weight is 333 g/mol. The molecule has 0 fully saturated rings. The molecule has 0 spiro atoms. The third-order valence-corrected chi connectivity index (χ3v) is 3.94. The van der Waals surface area contributed by atoms with Gasteiger partial charge in [0.2, 0.25) is 0 Å². The number of benzene rings is 2. The molecular formula is C18H14ClFO3. The van der Waals surface area contributed by atoms with E-state index in [0.717, 1.165) is 11.1 Å². The lowest BCUT2D eigenvalue weighted by Gasteiger charge is -2.13. The highest BCUT2D eigenvalue weighted by molar-refractivity contribution is 6.31. The molecule has 118 valence electrons. The molecule has 0 bridgehead atoms. The first-order valence-corrected chi connectivity index (χ1v) is 7.44. The fourth-order valence-corrected chi connectivity index (χ4v) is 2.73. The van der Waals surface area contributed by atoms with Crippen molar-refractivity contribution >= 4 is 22.6 Å². The lowest BCUT2D eigenvalue weighted by molar-refractivity contribution is 0.303. The van der Waals surface area contributed by atoms with Crippen molar-refractivity contribution in [1.82, 2.24) is 0 Å². The van der Waals surface area contributed by atoms with E-state index in [1.807, 2.05) is 13.0 Å². The molecule has 1 aromatic heterocycles. The Labute approximate surface area is 137 Å². The summed E-state index contributed by atoms with van der Waals surface area (Å²) in [5, 5.41) is 1.01. The molecule has 0 amide bonds. The molecule has 3 nitrogen and oxygen atoms in total. The van der Waals surface area contributed by atoms with Crippen LogP contribution >= 0.6 is 11.6 Å². The first kappa shape index (κ1) is 15.6. The van der Waals surface area contributed by atoms with Crippen molar-refractivity contribution in [2.75, 3.05) is 0 Å². The standard InChI is InChI=1S/C18H14ClFO3/c1-10-6-15(18-11(2)8-17(21)23-16(18)7-10)22-9-12-13(19)4-3-5-14(12)20/h3-8H,9H2,1-2H3. The molecule has 2 aromatic carbocycles. The largest absolute Gasteiger partial charge is 0.488 e. The second-order valence-corrected chi connectivity index (χ2v) is 5.78. The predicted molar refractivity (Wildman–Crippen MR) is 87.7 cm³/mol. The molecule has 0 saturated heterocycles. The van der Waals surface area contributed by atoms with Crippen molar-refractivity contribution in [3.05, 3.63) is 74.3 Å². The highest BCUT2D eigenvalue weighted by atomic mass is 35.5. The van der Waals surface area contributed by atoms with Gasteiger partial charge in [0.25, 0.3) is 0 Å². The maximum absolute atomic E-state index is 13.9. The molecule has 5 heteroatoms. The van der Waals surface area contributed by atoms with Crippen LogP contribution in [0.1, 0.15) is 16.7 Å². The van der Waals surface area contributed by atoms with E-state index in [9.17, 15) is 9.18 Å². The van der Waals surface area contributed by atoms with Crippen molar-refractivity contribution in [2.24, 2.45) is 0 Å². The van der Waals surface area contributed by atoms with E-state index >= 15 is 0 Å². The van der Waals surface area contributed by atoms with Gasteiger partial charge in [0.1, 0.15) is 23.8 Å². The molecule has 0 unspecified atom stereocenters. The number of rotatable bonds is 3. The van der Waals surface area contributed by atoms with Crippen LogP contribution in [-0.2, 0) is 6.61 Å². The maximum atomic E-state index is 13.9. The van der Waals surface area contributed by atoms with Crippen LogP contribution in [0, 0.1) is 19.7 Å². The Hall–Kier alpha value is -2.33. The van der Waals surface area contributed by atoms with Crippen LogP contribution in [0.3, 0.4) is 0 Å². The van der Waals surface area contributed by atoms with Gasteiger partial charge in [-0.1, -0.05) is 17.7 Å². The van der Waals surface area contributed by atoms with Crippen molar-refractivity contribution < 1.29 is 13.5 Å². The number of fused-ring (bicyclic) bond motifs is 1. The fourth-order valence-electron chi connectivity index (χ4n) is 2.51. The van der Waals surface area contributed by atoms with E-state index in [4.69, 9.17) is 20.8 Å². The van der Waals surface area contributed by atoms with Gasteiger partial charge in [-0.3, -0.25) is 0 Å². The average Bonchev–Trinajstić information content (AvgIpc) is 2.45. The van der Waals surface area contributed by atoms with Crippen LogP contribution in [0.25, 0.3) is 11.0 Å². The van der Waals surface area contributed by atoms with Gasteiger partial charge in [0, 0.05) is 11.6 Å². The molecule has 0 aliphatic rings. The Balaban J connectivity index is 2.05. The van der Waals surface area contributed by atoms with Gasteiger partial charge in [-0.05, 0) is 49.2 Å². The summed E-state index contributed by atoms with van der Waals surface area (Å²) in [7, 11) is 0. The predicted octanol–water partition coefficient (Wildman–Crippen LogP) is 4.78. The van der Waals surface area contributed by atoms with E-state index < -0.39 is 11.4 Å². The van der Waals surface area contributed by atoms with E-state index in [1.54, 1.807) is 25.1 Å². The normalized spacial score (nSPS) is 11.0. The number of hydrogen-bond acceptors (Lipinski definition) is 3. The van der Waals surface area contributed by atoms with Crippen LogP contribution in [0.5, 0.6) is 5.75 Å². The molecule has 23 heavy (non-hydrogen) atoms. The highest BCUT2D eigenvalue weighted by Gasteiger charge is 2.13. The molecule has 0 saturated carbocycles. The summed E-state index contributed by atoms with van der Waals surface area (Å²) in [4.78, 5) is 11.5. The molecule has 0 radical (unpaired) electrons. The Kier molecular flexibility index (Phi) is 4.09. The van der Waals surface area contributed by atoms with Gasteiger partial charge in [-0.15, -0.1) is 0 Å². The maximum Gasteiger partial charge on any atom is 0.336 e. The fraction of sp³-hybridized carbons (Fsp3) is 0.167. The summed E-state index contributed by atoms with van der Waals surface area (Å²) in [5.41, 5.74) is 1.94. The minimum Gasteiger partial charge on any atom is -0.488 e. The summed E-state index contributed by atoms with van der Waals surface area (Å²) < 4.78 is 24.9. The second-order valence-electron chi connectivity index (χ2n) is 5.37. The van der Waals surface area contributed by atoms with Crippen molar-refractivity contribution in [3.63, 3.8) is 0 Å². The Bertz CT molecular complexity index is 927. The Morgan fingerprint density at radius 1 is 1.22 bits per heavy atom. The number of ether oxygens (including phenoxy) is 1. The van der Waals surface area contributed by atoms with Crippen LogP contribution in [-0.4, -0.2) is 0 Å². The summed E-state index contributed by atoms with van der Waals surface area (Å²) in [6, 6.07) is 9.49. The minimum atomic E-state index is -0.419. The molecule has 0 aliphatic carbocycles. The third-order valence-electron chi connectivity index (χ3n) is 3.58. The quantitative estimate of drug-likeness (QED) is 0.648. The second kappa shape index (κ2) is 6.05. The van der Waals surface area contributed by atoms with Gasteiger partial charge in [-0.25, -0.2) is 9.18 Å². The first-order valence-electron chi connectivity index (χ1n) is 7.06. The number of halogens is 2. The summed E-state index contributed by atoms with van der Waals surface area (Å²) in [5.74, 6) is 0.110. The molecule has 0 aliphatic heterocycles. The highest BCUT2D eigenvalue weighted by Crippen LogP contribution is 2.31. The minimum absolute atomic E-state index is 0.0113. The number of aryl methyl sites for hydroxylation is 2. The molecule has 0 N–H and O–H groups in total. The zero-order chi connectivity index (χ0) is 16.6. The molecule has 0 atom stereocenters. The molecule has 1 heterocycles.